The molecule has 32 heavy (non-hydrogen) atoms. The number of anilines is 1. The van der Waals surface area contributed by atoms with Gasteiger partial charge in [0, 0.05) is 24.2 Å². The lowest BCUT2D eigenvalue weighted by Gasteiger charge is -2.29. The summed E-state index contributed by atoms with van der Waals surface area (Å²) in [6, 6.07) is 12.5. The molecule has 0 aliphatic carbocycles. The van der Waals surface area contributed by atoms with Crippen LogP contribution in [-0.2, 0) is 16.1 Å². The van der Waals surface area contributed by atoms with E-state index in [-0.39, 0.29) is 5.91 Å². The highest BCUT2D eigenvalue weighted by molar-refractivity contribution is 6.32. The molecule has 1 atom stereocenters. The molecule has 0 spiro atoms. The van der Waals surface area contributed by atoms with Gasteiger partial charge < -0.3 is 10.1 Å². The molecular formula is C26H26F2N2O2. The highest BCUT2D eigenvalue weighted by atomic mass is 19.1. The first-order valence-electron chi connectivity index (χ1n) is 11.0. The lowest BCUT2D eigenvalue weighted by Crippen LogP contribution is -2.35. The van der Waals surface area contributed by atoms with Gasteiger partial charge in [0.2, 0.25) is 0 Å². The number of carbonyl (C=O) groups excluding carboxylic acids is 1. The number of halogens is 2. The van der Waals surface area contributed by atoms with E-state index < -0.39 is 17.6 Å². The summed E-state index contributed by atoms with van der Waals surface area (Å²) in [6.07, 6.45) is 2.73. The molecule has 166 valence electrons. The monoisotopic (exact) mass is 436 g/mol. The van der Waals surface area contributed by atoms with Crippen LogP contribution in [0, 0.1) is 5.82 Å². The highest BCUT2D eigenvalue weighted by Gasteiger charge is 2.38. The Morgan fingerprint density at radius 2 is 1.97 bits per heavy atom. The molecule has 3 heterocycles. The summed E-state index contributed by atoms with van der Waals surface area (Å²) in [5.74, 6) is -0.206. The van der Waals surface area contributed by atoms with Crippen LogP contribution in [0.4, 0.5) is 14.5 Å². The van der Waals surface area contributed by atoms with Crippen molar-refractivity contribution in [1.29, 1.82) is 0 Å². The van der Waals surface area contributed by atoms with Crippen molar-refractivity contribution in [2.24, 2.45) is 0 Å². The van der Waals surface area contributed by atoms with Crippen molar-refractivity contribution >= 4 is 22.7 Å². The van der Waals surface area contributed by atoms with Crippen LogP contribution in [0.1, 0.15) is 43.4 Å². The molecule has 0 bridgehead atoms. The quantitative estimate of drug-likeness (QED) is 0.663. The van der Waals surface area contributed by atoms with E-state index in [1.165, 1.54) is 12.1 Å². The third kappa shape index (κ3) is 3.84. The van der Waals surface area contributed by atoms with Gasteiger partial charge in [-0.2, -0.15) is 0 Å². The first-order chi connectivity index (χ1) is 15.3. The van der Waals surface area contributed by atoms with Gasteiger partial charge in [0.15, 0.2) is 0 Å². The van der Waals surface area contributed by atoms with Crippen molar-refractivity contribution in [2.45, 2.75) is 45.0 Å². The number of alkyl halides is 1. The topological polar surface area (TPSA) is 41.6 Å². The van der Waals surface area contributed by atoms with Gasteiger partial charge in [0.25, 0.3) is 5.91 Å². The van der Waals surface area contributed by atoms with Crippen molar-refractivity contribution in [3.05, 3.63) is 76.8 Å². The molecule has 1 amide bonds. The normalized spacial score (nSPS) is 24.7. The predicted molar refractivity (Wildman–Crippen MR) is 121 cm³/mol. The zero-order valence-electron chi connectivity index (χ0n) is 18.3. The second-order valence-electron chi connectivity index (χ2n) is 9.23. The van der Waals surface area contributed by atoms with Crippen LogP contribution in [0.25, 0.3) is 11.1 Å². The third-order valence-electron chi connectivity index (χ3n) is 6.38. The maximum Gasteiger partial charge on any atom is 0.260 e. The largest absolute Gasteiger partial charge is 0.482 e. The zero-order valence-corrected chi connectivity index (χ0v) is 18.3. The number of hydrogen-bond acceptors (Lipinski definition) is 3. The lowest BCUT2D eigenvalue weighted by atomic mass is 9.91. The summed E-state index contributed by atoms with van der Waals surface area (Å²) in [5.41, 5.74) is 4.02. The first kappa shape index (κ1) is 20.9. The number of nitrogens with one attached hydrogen (secondary N) is 1. The Balaban J connectivity index is 1.43. The van der Waals surface area contributed by atoms with E-state index in [1.807, 2.05) is 19.9 Å². The van der Waals surface area contributed by atoms with Gasteiger partial charge >= 0.3 is 0 Å². The van der Waals surface area contributed by atoms with Gasteiger partial charge in [0.05, 0.1) is 11.3 Å². The van der Waals surface area contributed by atoms with Gasteiger partial charge in [0.1, 0.15) is 23.3 Å². The summed E-state index contributed by atoms with van der Waals surface area (Å²) in [5, 5.41) is 2.72. The summed E-state index contributed by atoms with van der Waals surface area (Å²) in [4.78, 5) is 14.8. The molecule has 3 aliphatic heterocycles. The van der Waals surface area contributed by atoms with Crippen LogP contribution in [0.15, 0.2) is 54.3 Å². The molecule has 4 nitrogen and oxygen atoms in total. The summed E-state index contributed by atoms with van der Waals surface area (Å²) < 4.78 is 33.5. The minimum absolute atomic E-state index is 0.294. The maximum absolute atomic E-state index is 13.7. The molecule has 1 saturated heterocycles. The molecule has 1 unspecified atom stereocenters. The fourth-order valence-electron chi connectivity index (χ4n) is 4.80. The predicted octanol–water partition coefficient (Wildman–Crippen LogP) is 5.32. The van der Waals surface area contributed by atoms with Crippen molar-refractivity contribution in [2.75, 3.05) is 18.4 Å². The molecule has 2 aromatic rings. The Kier molecular flexibility index (Phi) is 5.13. The van der Waals surface area contributed by atoms with Gasteiger partial charge in [-0.25, -0.2) is 8.78 Å². The number of rotatable bonds is 3. The van der Waals surface area contributed by atoms with Gasteiger partial charge in [-0.15, -0.1) is 0 Å². The highest BCUT2D eigenvalue weighted by Crippen LogP contribution is 2.44. The number of amides is 1. The lowest BCUT2D eigenvalue weighted by molar-refractivity contribution is -0.111. The van der Waals surface area contributed by atoms with E-state index in [0.29, 0.717) is 35.5 Å². The fourth-order valence-corrected chi connectivity index (χ4v) is 4.80. The molecule has 0 aromatic heterocycles. The average Bonchev–Trinajstić information content (AvgIpc) is 3.22. The van der Waals surface area contributed by atoms with Crippen LogP contribution in [0.2, 0.25) is 0 Å². The van der Waals surface area contributed by atoms with E-state index in [9.17, 15) is 13.6 Å². The number of likely N-dealkylation sites (tertiary alicyclic amines) is 1. The van der Waals surface area contributed by atoms with Gasteiger partial charge in [-0.05, 0) is 68.6 Å². The number of allylic oxidation sites excluding steroid dienone is 1. The number of fused-ring (bicyclic) bond motifs is 1. The minimum Gasteiger partial charge on any atom is -0.482 e. The standard InChI is InChI=1S/C26H26F2N2O2/c1-26(2)21(17-7-5-16(6-8-17)14-30-11-3-4-19(28)15-30)13-23(32-26)24-20-10-9-18(27)12-22(20)29-25(24)31/h5-10,12-13,19H,3-4,11,14-15H2,1-2H3,(H,29,31)/b24-23+. The Labute approximate surface area is 186 Å². The molecule has 6 heteroatoms. The maximum atomic E-state index is 13.7. The summed E-state index contributed by atoms with van der Waals surface area (Å²) in [7, 11) is 0. The molecular weight excluding hydrogens is 410 g/mol. The molecule has 3 aliphatic rings. The second-order valence-corrected chi connectivity index (χ2v) is 9.23. The number of nitrogens with zero attached hydrogens (tertiary/aromatic N) is 1. The minimum atomic E-state index is -0.731. The number of ether oxygens (including phenoxy) is 1. The van der Waals surface area contributed by atoms with Crippen molar-refractivity contribution in [1.82, 2.24) is 4.90 Å². The number of piperidine rings is 1. The zero-order chi connectivity index (χ0) is 22.5. The molecule has 1 fully saturated rings. The van der Waals surface area contributed by atoms with E-state index in [4.69, 9.17) is 4.74 Å². The van der Waals surface area contributed by atoms with Crippen LogP contribution >= 0.6 is 0 Å². The SMILES string of the molecule is CC1(C)O/C(=C2/C(=O)Nc3cc(F)ccc32)C=C1c1ccc(CN2CCCC(F)C2)cc1. The fraction of sp³-hybridized carbons (Fsp3) is 0.346. The van der Waals surface area contributed by atoms with Crippen molar-refractivity contribution in [3.8, 4) is 0 Å². The first-order valence-corrected chi connectivity index (χ1v) is 11.0. The Hall–Kier alpha value is -2.99. The summed E-state index contributed by atoms with van der Waals surface area (Å²) in [6.45, 7) is 6.10. The average molecular weight is 437 g/mol. The van der Waals surface area contributed by atoms with Crippen LogP contribution in [0.5, 0.6) is 0 Å². The second kappa shape index (κ2) is 7.85. The Bertz CT molecular complexity index is 1140. The number of carbonyl (C=O) groups is 1. The summed E-state index contributed by atoms with van der Waals surface area (Å²) >= 11 is 0. The smallest absolute Gasteiger partial charge is 0.260 e. The van der Waals surface area contributed by atoms with E-state index in [1.54, 1.807) is 6.07 Å². The molecule has 0 saturated carbocycles. The van der Waals surface area contributed by atoms with E-state index in [0.717, 1.165) is 36.2 Å². The van der Waals surface area contributed by atoms with Crippen molar-refractivity contribution in [3.63, 3.8) is 0 Å². The Morgan fingerprint density at radius 3 is 2.72 bits per heavy atom. The van der Waals surface area contributed by atoms with E-state index >= 15 is 0 Å². The van der Waals surface area contributed by atoms with Crippen LogP contribution < -0.4 is 5.32 Å². The number of benzene rings is 2. The van der Waals surface area contributed by atoms with E-state index in [2.05, 4.69) is 34.5 Å². The molecule has 1 N–H and O–H groups in total. The Morgan fingerprint density at radius 1 is 1.19 bits per heavy atom. The van der Waals surface area contributed by atoms with Crippen LogP contribution in [0.3, 0.4) is 0 Å². The molecule has 2 aromatic carbocycles. The van der Waals surface area contributed by atoms with Crippen molar-refractivity contribution < 1.29 is 18.3 Å². The van der Waals surface area contributed by atoms with Crippen LogP contribution in [-0.4, -0.2) is 35.7 Å². The van der Waals surface area contributed by atoms with Gasteiger partial charge in [-0.1, -0.05) is 24.3 Å². The third-order valence-corrected chi connectivity index (χ3v) is 6.38. The molecule has 0 radical (unpaired) electrons. The number of hydrogen-bond donors (Lipinski definition) is 1. The molecule has 5 rings (SSSR count). The van der Waals surface area contributed by atoms with Gasteiger partial charge in [-0.3, -0.25) is 9.69 Å².